The Morgan fingerprint density at radius 3 is 2.31 bits per heavy atom. The zero-order valence-electron chi connectivity index (χ0n) is 17.0. The van der Waals surface area contributed by atoms with E-state index in [0.717, 1.165) is 15.8 Å². The van der Waals surface area contributed by atoms with Gasteiger partial charge in [-0.3, -0.25) is 0 Å². The monoisotopic (exact) mass is 414 g/mol. The highest BCUT2D eigenvalue weighted by molar-refractivity contribution is 7.19. The van der Waals surface area contributed by atoms with Crippen molar-refractivity contribution in [2.75, 3.05) is 46.9 Å². The molecule has 0 atom stereocenters. The molecule has 8 nitrogen and oxygen atoms in total. The Balaban J connectivity index is 2.21. The van der Waals surface area contributed by atoms with Crippen molar-refractivity contribution < 1.29 is 18.9 Å². The quantitative estimate of drug-likeness (QED) is 0.558. The maximum absolute atomic E-state index is 9.43. The van der Waals surface area contributed by atoms with E-state index in [1.54, 1.807) is 40.6 Å². The number of nitriles is 1. The van der Waals surface area contributed by atoms with Gasteiger partial charge in [-0.05, 0) is 24.6 Å². The molecule has 0 amide bonds. The molecule has 0 aliphatic carbocycles. The first-order chi connectivity index (χ1) is 14.1. The number of ether oxygens (including phenoxy) is 4. The van der Waals surface area contributed by atoms with Crippen molar-refractivity contribution >= 4 is 27.4 Å². The van der Waals surface area contributed by atoms with Crippen molar-refractivity contribution in [1.82, 2.24) is 9.97 Å². The molecule has 2 heterocycles. The molecule has 2 aromatic heterocycles. The third kappa shape index (κ3) is 3.90. The van der Waals surface area contributed by atoms with Gasteiger partial charge in [0.05, 0.1) is 33.3 Å². The van der Waals surface area contributed by atoms with Crippen LogP contribution in [0, 0.1) is 18.3 Å². The average molecular weight is 414 g/mol. The molecule has 0 saturated carbocycles. The largest absolute Gasteiger partial charge is 0.493 e. The van der Waals surface area contributed by atoms with Crippen LogP contribution in [0.3, 0.4) is 0 Å². The number of thiophene rings is 1. The standard InChI is InChI=1S/C20H22N4O4S/c1-11-15(10-21)29-20-16(11)19(22-6-7-25-2)23-18(24-20)12-8-13(26-3)17(28-5)14(9-12)27-4/h8-9H,6-7H2,1-5H3,(H,22,23,24). The van der Waals surface area contributed by atoms with Gasteiger partial charge in [0.25, 0.3) is 0 Å². The maximum Gasteiger partial charge on any atom is 0.203 e. The van der Waals surface area contributed by atoms with Crippen molar-refractivity contribution in [1.29, 1.82) is 5.26 Å². The van der Waals surface area contributed by atoms with Crippen molar-refractivity contribution in [3.63, 3.8) is 0 Å². The minimum absolute atomic E-state index is 0.488. The zero-order valence-corrected chi connectivity index (χ0v) is 17.8. The summed E-state index contributed by atoms with van der Waals surface area (Å²) in [4.78, 5) is 10.8. The molecule has 0 saturated heterocycles. The fourth-order valence-corrected chi connectivity index (χ4v) is 3.96. The lowest BCUT2D eigenvalue weighted by molar-refractivity contribution is 0.210. The van der Waals surface area contributed by atoms with E-state index in [4.69, 9.17) is 28.9 Å². The van der Waals surface area contributed by atoms with Crippen LogP contribution in [0.15, 0.2) is 12.1 Å². The molecular formula is C20H22N4O4S. The average Bonchev–Trinajstić information content (AvgIpc) is 3.08. The lowest BCUT2D eigenvalue weighted by Crippen LogP contribution is -2.10. The van der Waals surface area contributed by atoms with Crippen LogP contribution in [0.1, 0.15) is 10.4 Å². The van der Waals surface area contributed by atoms with E-state index in [1.165, 1.54) is 11.3 Å². The van der Waals surface area contributed by atoms with Gasteiger partial charge in [-0.15, -0.1) is 11.3 Å². The first-order valence-electron chi connectivity index (χ1n) is 8.82. The van der Waals surface area contributed by atoms with Crippen LogP contribution in [0.2, 0.25) is 0 Å². The third-order valence-electron chi connectivity index (χ3n) is 4.41. The molecule has 0 unspecified atom stereocenters. The maximum atomic E-state index is 9.43. The van der Waals surface area contributed by atoms with Gasteiger partial charge in [-0.25, -0.2) is 9.97 Å². The number of fused-ring (bicyclic) bond motifs is 1. The number of nitrogens with one attached hydrogen (secondary N) is 1. The fourth-order valence-electron chi connectivity index (χ4n) is 2.98. The van der Waals surface area contributed by atoms with Crippen LogP contribution < -0.4 is 19.5 Å². The molecule has 1 aromatic carbocycles. The summed E-state index contributed by atoms with van der Waals surface area (Å²) < 4.78 is 21.4. The number of hydrogen-bond donors (Lipinski definition) is 1. The van der Waals surface area contributed by atoms with Gasteiger partial charge in [-0.2, -0.15) is 5.26 Å². The molecule has 3 aromatic rings. The molecule has 0 bridgehead atoms. The third-order valence-corrected chi connectivity index (χ3v) is 5.50. The van der Waals surface area contributed by atoms with Crippen LogP contribution in [-0.4, -0.2) is 51.6 Å². The summed E-state index contributed by atoms with van der Waals surface area (Å²) in [5, 5.41) is 13.6. The minimum Gasteiger partial charge on any atom is -0.493 e. The molecule has 9 heteroatoms. The van der Waals surface area contributed by atoms with Crippen molar-refractivity contribution in [2.24, 2.45) is 0 Å². The Kier molecular flexibility index (Phi) is 6.36. The number of benzene rings is 1. The SMILES string of the molecule is COCCNc1nc(-c2cc(OC)c(OC)c(OC)c2)nc2sc(C#N)c(C)c12. The van der Waals surface area contributed by atoms with Crippen LogP contribution >= 0.6 is 11.3 Å². The molecule has 3 rings (SSSR count). The van der Waals surface area contributed by atoms with Gasteiger partial charge >= 0.3 is 0 Å². The molecule has 1 N–H and O–H groups in total. The van der Waals surface area contributed by atoms with E-state index < -0.39 is 0 Å². The van der Waals surface area contributed by atoms with Gasteiger partial charge in [0.15, 0.2) is 17.3 Å². The molecule has 152 valence electrons. The second kappa shape index (κ2) is 8.94. The highest BCUT2D eigenvalue weighted by Crippen LogP contribution is 2.42. The Morgan fingerprint density at radius 2 is 1.76 bits per heavy atom. The molecule has 0 aliphatic rings. The van der Waals surface area contributed by atoms with Crippen LogP contribution in [-0.2, 0) is 4.74 Å². The van der Waals surface area contributed by atoms with Gasteiger partial charge in [-0.1, -0.05) is 0 Å². The molecule has 0 fully saturated rings. The second-order valence-electron chi connectivity index (χ2n) is 6.08. The number of nitrogens with zero attached hydrogens (tertiary/aromatic N) is 3. The number of aromatic nitrogens is 2. The molecular weight excluding hydrogens is 392 g/mol. The van der Waals surface area contributed by atoms with Gasteiger partial charge < -0.3 is 24.3 Å². The Hall–Kier alpha value is -3.09. The minimum atomic E-state index is 0.488. The summed E-state index contributed by atoms with van der Waals surface area (Å²) in [6, 6.07) is 5.83. The first-order valence-corrected chi connectivity index (χ1v) is 9.64. The summed E-state index contributed by atoms with van der Waals surface area (Å²) in [6.07, 6.45) is 0. The highest BCUT2D eigenvalue weighted by Gasteiger charge is 2.20. The smallest absolute Gasteiger partial charge is 0.203 e. The molecule has 0 radical (unpaired) electrons. The Bertz CT molecular complexity index is 1050. The van der Waals surface area contributed by atoms with E-state index in [-0.39, 0.29) is 0 Å². The summed E-state index contributed by atoms with van der Waals surface area (Å²) in [5.41, 5.74) is 1.57. The molecule has 0 aliphatic heterocycles. The lowest BCUT2D eigenvalue weighted by atomic mass is 10.1. The van der Waals surface area contributed by atoms with E-state index in [9.17, 15) is 5.26 Å². The summed E-state index contributed by atoms with van der Waals surface area (Å²) in [6.45, 7) is 3.01. The van der Waals surface area contributed by atoms with Gasteiger partial charge in [0.2, 0.25) is 5.75 Å². The van der Waals surface area contributed by atoms with E-state index in [2.05, 4.69) is 11.4 Å². The van der Waals surface area contributed by atoms with Crippen LogP contribution in [0.4, 0.5) is 5.82 Å². The van der Waals surface area contributed by atoms with Crippen LogP contribution in [0.5, 0.6) is 17.2 Å². The number of rotatable bonds is 8. The van der Waals surface area contributed by atoms with Crippen molar-refractivity contribution in [3.8, 4) is 34.7 Å². The van der Waals surface area contributed by atoms with Crippen molar-refractivity contribution in [3.05, 3.63) is 22.6 Å². The number of hydrogen-bond acceptors (Lipinski definition) is 9. The first kappa shape index (κ1) is 20.6. The molecule has 29 heavy (non-hydrogen) atoms. The predicted octanol–water partition coefficient (Wildman–Crippen LogP) is 3.62. The Morgan fingerprint density at radius 1 is 1.07 bits per heavy atom. The Labute approximate surface area is 173 Å². The van der Waals surface area contributed by atoms with E-state index in [0.29, 0.717) is 52.5 Å². The summed E-state index contributed by atoms with van der Waals surface area (Å²) in [7, 11) is 6.32. The second-order valence-corrected chi connectivity index (χ2v) is 7.08. The van der Waals surface area contributed by atoms with E-state index in [1.807, 2.05) is 6.92 Å². The highest BCUT2D eigenvalue weighted by atomic mass is 32.1. The lowest BCUT2D eigenvalue weighted by Gasteiger charge is -2.14. The van der Waals surface area contributed by atoms with E-state index >= 15 is 0 Å². The zero-order chi connectivity index (χ0) is 21.0. The van der Waals surface area contributed by atoms with Crippen molar-refractivity contribution in [2.45, 2.75) is 6.92 Å². The summed E-state index contributed by atoms with van der Waals surface area (Å²) in [5.74, 6) is 2.67. The van der Waals surface area contributed by atoms with Gasteiger partial charge in [0.1, 0.15) is 21.6 Å². The number of anilines is 1. The normalized spacial score (nSPS) is 10.6. The van der Waals surface area contributed by atoms with Crippen LogP contribution in [0.25, 0.3) is 21.6 Å². The number of aryl methyl sites for hydroxylation is 1. The number of methoxy groups -OCH3 is 4. The predicted molar refractivity (Wildman–Crippen MR) is 112 cm³/mol. The topological polar surface area (TPSA) is 98.5 Å². The van der Waals surface area contributed by atoms with Gasteiger partial charge in [0, 0.05) is 19.2 Å². The molecule has 0 spiro atoms. The fraction of sp³-hybridized carbons (Fsp3) is 0.350. The summed E-state index contributed by atoms with van der Waals surface area (Å²) >= 11 is 1.34.